The lowest BCUT2D eigenvalue weighted by Crippen LogP contribution is -2.28. The number of carbonyl (C=O) groups excluding carboxylic acids is 2. The largest absolute Gasteiger partial charge is 0.483 e. The minimum absolute atomic E-state index is 0.0838. The molecule has 1 unspecified atom stereocenters. The fourth-order valence-corrected chi connectivity index (χ4v) is 3.48. The van der Waals surface area contributed by atoms with E-state index in [2.05, 4.69) is 5.32 Å². The van der Waals surface area contributed by atoms with E-state index in [0.717, 1.165) is 16.7 Å². The molecule has 1 atom stereocenters. The van der Waals surface area contributed by atoms with Gasteiger partial charge in [0.05, 0.1) is 5.56 Å². The number of amides is 1. The highest BCUT2D eigenvalue weighted by Crippen LogP contribution is 2.40. The third kappa shape index (κ3) is 3.85. The number of ether oxygens (including phenoxy) is 1. The van der Waals surface area contributed by atoms with Crippen LogP contribution in [0.25, 0.3) is 0 Å². The number of hydrogen-bond acceptors (Lipinski definition) is 3. The molecule has 130 valence electrons. The van der Waals surface area contributed by atoms with Crippen LogP contribution in [-0.2, 0) is 11.3 Å². The summed E-state index contributed by atoms with van der Waals surface area (Å²) in [5.41, 5.74) is 3.68. The Kier molecular flexibility index (Phi) is 5.09. The number of aryl methyl sites for hydroxylation is 1. The third-order valence-electron chi connectivity index (χ3n) is 4.43. The lowest BCUT2D eigenvalue weighted by Gasteiger charge is -2.13. The van der Waals surface area contributed by atoms with Crippen molar-refractivity contribution >= 4 is 23.3 Å². The Bertz CT molecular complexity index is 832. The molecule has 0 spiro atoms. The summed E-state index contributed by atoms with van der Waals surface area (Å²) in [5, 5.41) is 3.42. The fraction of sp³-hybridized carbons (Fsp3) is 0.300. The molecule has 0 radical (unpaired) electrons. The Balaban J connectivity index is 1.63. The lowest BCUT2D eigenvalue weighted by molar-refractivity contribution is -0.123. The Labute approximate surface area is 152 Å². The minimum Gasteiger partial charge on any atom is -0.483 e. The molecular weight excluding hydrogens is 338 g/mol. The zero-order valence-electron chi connectivity index (χ0n) is 14.3. The molecule has 2 aromatic carbocycles. The number of rotatable bonds is 5. The van der Waals surface area contributed by atoms with Gasteiger partial charge < -0.3 is 10.1 Å². The average Bonchev–Trinajstić information content (AvgIpc) is 2.88. The summed E-state index contributed by atoms with van der Waals surface area (Å²) >= 11 is 5.92. The minimum atomic E-state index is -0.243. The number of nitrogens with one attached hydrogen (secondary N) is 1. The zero-order valence-corrected chi connectivity index (χ0v) is 15.0. The van der Waals surface area contributed by atoms with Crippen LogP contribution >= 0.6 is 11.6 Å². The van der Waals surface area contributed by atoms with Gasteiger partial charge in [0.25, 0.3) is 5.91 Å². The predicted octanol–water partition coefficient (Wildman–Crippen LogP) is 4.03. The first-order valence-electron chi connectivity index (χ1n) is 8.26. The predicted molar refractivity (Wildman–Crippen MR) is 97.3 cm³/mol. The molecule has 5 heteroatoms. The molecule has 2 aromatic rings. The second kappa shape index (κ2) is 7.28. The van der Waals surface area contributed by atoms with Crippen LogP contribution in [0, 0.1) is 6.92 Å². The van der Waals surface area contributed by atoms with Gasteiger partial charge in [0.2, 0.25) is 0 Å². The summed E-state index contributed by atoms with van der Waals surface area (Å²) < 4.78 is 5.64. The van der Waals surface area contributed by atoms with E-state index in [1.54, 1.807) is 18.2 Å². The van der Waals surface area contributed by atoms with E-state index in [-0.39, 0.29) is 24.2 Å². The van der Waals surface area contributed by atoms with Crippen LogP contribution in [0.5, 0.6) is 5.75 Å². The van der Waals surface area contributed by atoms with Crippen molar-refractivity contribution in [2.75, 3.05) is 6.61 Å². The van der Waals surface area contributed by atoms with Gasteiger partial charge in [0.15, 0.2) is 12.4 Å². The topological polar surface area (TPSA) is 55.4 Å². The van der Waals surface area contributed by atoms with Crippen LogP contribution < -0.4 is 10.1 Å². The highest BCUT2D eigenvalue weighted by molar-refractivity contribution is 6.30. The number of Topliss-reactive ketones (excluding diaryl/α,β-unsaturated/α-hetero) is 1. The van der Waals surface area contributed by atoms with Crippen molar-refractivity contribution in [3.05, 3.63) is 63.7 Å². The SMILES string of the molecule is Cc1ccc(OCC(=O)NCc2cccc(Cl)c2)c2c1C(C)CC2=O. The van der Waals surface area contributed by atoms with Gasteiger partial charge in [-0.05, 0) is 47.7 Å². The Morgan fingerprint density at radius 3 is 2.88 bits per heavy atom. The normalized spacial score (nSPS) is 15.8. The maximum Gasteiger partial charge on any atom is 0.258 e. The van der Waals surface area contributed by atoms with Gasteiger partial charge >= 0.3 is 0 Å². The molecular formula is C20H20ClNO3. The Morgan fingerprint density at radius 2 is 2.12 bits per heavy atom. The second-order valence-electron chi connectivity index (χ2n) is 6.39. The van der Waals surface area contributed by atoms with E-state index in [0.29, 0.717) is 29.3 Å². The van der Waals surface area contributed by atoms with Gasteiger partial charge in [-0.25, -0.2) is 0 Å². The molecule has 25 heavy (non-hydrogen) atoms. The van der Waals surface area contributed by atoms with Gasteiger partial charge in [-0.1, -0.05) is 36.7 Å². The van der Waals surface area contributed by atoms with Gasteiger partial charge in [0.1, 0.15) is 5.75 Å². The Morgan fingerprint density at radius 1 is 1.32 bits per heavy atom. The first kappa shape index (κ1) is 17.5. The maximum atomic E-state index is 12.2. The number of fused-ring (bicyclic) bond motifs is 1. The molecule has 3 rings (SSSR count). The summed E-state index contributed by atoms with van der Waals surface area (Å²) in [5.74, 6) is 0.531. The van der Waals surface area contributed by atoms with Crippen LogP contribution in [0.1, 0.15) is 46.3 Å². The molecule has 0 saturated heterocycles. The number of hydrogen-bond donors (Lipinski definition) is 1. The summed E-state index contributed by atoms with van der Waals surface area (Å²) in [6.45, 7) is 4.29. The molecule has 0 saturated carbocycles. The lowest BCUT2D eigenvalue weighted by atomic mass is 9.97. The molecule has 1 amide bonds. The van der Waals surface area contributed by atoms with Gasteiger partial charge in [-0.15, -0.1) is 0 Å². The first-order valence-corrected chi connectivity index (χ1v) is 8.64. The van der Waals surface area contributed by atoms with Gasteiger partial charge in [-0.3, -0.25) is 9.59 Å². The smallest absolute Gasteiger partial charge is 0.258 e. The van der Waals surface area contributed by atoms with Crippen molar-refractivity contribution in [2.24, 2.45) is 0 Å². The summed E-state index contributed by atoms with van der Waals surface area (Å²) in [4.78, 5) is 24.3. The van der Waals surface area contributed by atoms with Crippen LogP contribution in [0.15, 0.2) is 36.4 Å². The number of carbonyl (C=O) groups is 2. The second-order valence-corrected chi connectivity index (χ2v) is 6.83. The van der Waals surface area contributed by atoms with Crippen LogP contribution in [0.2, 0.25) is 5.02 Å². The number of ketones is 1. The van der Waals surface area contributed by atoms with Crippen molar-refractivity contribution in [3.8, 4) is 5.75 Å². The number of benzene rings is 2. The van der Waals surface area contributed by atoms with Crippen LogP contribution in [-0.4, -0.2) is 18.3 Å². The van der Waals surface area contributed by atoms with Crippen molar-refractivity contribution in [1.82, 2.24) is 5.32 Å². The molecule has 0 aromatic heterocycles. The van der Waals surface area contributed by atoms with Gasteiger partial charge in [0, 0.05) is 18.0 Å². The molecule has 1 aliphatic carbocycles. The molecule has 0 fully saturated rings. The summed E-state index contributed by atoms with van der Waals surface area (Å²) in [6.07, 6.45) is 0.498. The maximum absolute atomic E-state index is 12.2. The van der Waals surface area contributed by atoms with E-state index in [9.17, 15) is 9.59 Å². The van der Waals surface area contributed by atoms with Crippen molar-refractivity contribution in [3.63, 3.8) is 0 Å². The number of halogens is 1. The zero-order chi connectivity index (χ0) is 18.0. The average molecular weight is 358 g/mol. The standard InChI is InChI=1S/C20H20ClNO3/c1-12-6-7-17(20-16(23)8-13(2)19(12)20)25-11-18(24)22-10-14-4-3-5-15(21)9-14/h3-7,9,13H,8,10-11H2,1-2H3,(H,22,24). The van der Waals surface area contributed by atoms with E-state index in [4.69, 9.17) is 16.3 Å². The van der Waals surface area contributed by atoms with E-state index < -0.39 is 0 Å². The van der Waals surface area contributed by atoms with E-state index in [1.807, 2.05) is 32.0 Å². The highest BCUT2D eigenvalue weighted by Gasteiger charge is 2.31. The quantitative estimate of drug-likeness (QED) is 0.878. The van der Waals surface area contributed by atoms with E-state index in [1.165, 1.54) is 0 Å². The first-order chi connectivity index (χ1) is 12.0. The van der Waals surface area contributed by atoms with E-state index >= 15 is 0 Å². The van der Waals surface area contributed by atoms with Crippen molar-refractivity contribution in [2.45, 2.75) is 32.7 Å². The fourth-order valence-electron chi connectivity index (χ4n) is 3.27. The van der Waals surface area contributed by atoms with Crippen LogP contribution in [0.3, 0.4) is 0 Å². The van der Waals surface area contributed by atoms with Crippen molar-refractivity contribution < 1.29 is 14.3 Å². The Hall–Kier alpha value is -2.33. The third-order valence-corrected chi connectivity index (χ3v) is 4.66. The van der Waals surface area contributed by atoms with Crippen molar-refractivity contribution in [1.29, 1.82) is 0 Å². The monoisotopic (exact) mass is 357 g/mol. The molecule has 0 aliphatic heterocycles. The van der Waals surface area contributed by atoms with Gasteiger partial charge in [-0.2, -0.15) is 0 Å². The molecule has 1 N–H and O–H groups in total. The van der Waals surface area contributed by atoms with Crippen LogP contribution in [0.4, 0.5) is 0 Å². The summed E-state index contributed by atoms with van der Waals surface area (Å²) in [6, 6.07) is 11.0. The molecule has 4 nitrogen and oxygen atoms in total. The molecule has 0 bridgehead atoms. The summed E-state index contributed by atoms with van der Waals surface area (Å²) in [7, 11) is 0. The molecule has 1 aliphatic rings. The highest BCUT2D eigenvalue weighted by atomic mass is 35.5. The molecule has 0 heterocycles.